The molecule has 0 bridgehead atoms. The first-order valence-corrected chi connectivity index (χ1v) is 9.61. The van der Waals surface area contributed by atoms with Gasteiger partial charge in [-0.15, -0.1) is 10.2 Å². The molecule has 3 aromatic rings. The average Bonchev–Trinajstić information content (AvgIpc) is 3.05. The number of carbonyl (C=O) groups is 1. The van der Waals surface area contributed by atoms with E-state index in [1.54, 1.807) is 12.4 Å². The molecule has 0 atom stereocenters. The van der Waals surface area contributed by atoms with Crippen molar-refractivity contribution in [1.29, 1.82) is 0 Å². The molecule has 0 aliphatic rings. The van der Waals surface area contributed by atoms with Crippen molar-refractivity contribution in [2.75, 3.05) is 17.7 Å². The summed E-state index contributed by atoms with van der Waals surface area (Å²) in [6.07, 6.45) is 3.83. The van der Waals surface area contributed by atoms with Gasteiger partial charge in [0.2, 0.25) is 5.91 Å². The van der Waals surface area contributed by atoms with E-state index in [1.165, 1.54) is 11.8 Å². The Morgan fingerprint density at radius 3 is 2.59 bits per heavy atom. The van der Waals surface area contributed by atoms with Gasteiger partial charge in [-0.1, -0.05) is 11.8 Å². The van der Waals surface area contributed by atoms with Crippen LogP contribution in [0.5, 0.6) is 5.75 Å². The molecule has 7 nitrogen and oxygen atoms in total. The summed E-state index contributed by atoms with van der Waals surface area (Å²) < 4.78 is 7.31. The fraction of sp³-hybridized carbons (Fsp3) is 0.263. The van der Waals surface area contributed by atoms with Gasteiger partial charge in [0.15, 0.2) is 11.0 Å². The Kier molecular flexibility index (Phi) is 6.43. The minimum absolute atomic E-state index is 0.0387. The summed E-state index contributed by atoms with van der Waals surface area (Å²) in [5, 5.41) is 12.1. The zero-order valence-electron chi connectivity index (χ0n) is 15.3. The molecule has 0 fully saturated rings. The monoisotopic (exact) mass is 383 g/mol. The van der Waals surface area contributed by atoms with Gasteiger partial charge in [-0.2, -0.15) is 0 Å². The van der Waals surface area contributed by atoms with Crippen molar-refractivity contribution in [3.63, 3.8) is 0 Å². The van der Waals surface area contributed by atoms with Crippen LogP contribution in [0.15, 0.2) is 53.9 Å². The lowest BCUT2D eigenvalue weighted by Gasteiger charge is -2.07. The van der Waals surface area contributed by atoms with Gasteiger partial charge >= 0.3 is 0 Å². The summed E-state index contributed by atoms with van der Waals surface area (Å²) in [7, 11) is 1.91. The summed E-state index contributed by atoms with van der Waals surface area (Å²) in [6, 6.07) is 11.1. The Hall–Kier alpha value is -2.87. The van der Waals surface area contributed by atoms with Crippen LogP contribution in [0.1, 0.15) is 13.3 Å². The molecule has 0 spiro atoms. The van der Waals surface area contributed by atoms with Crippen molar-refractivity contribution in [2.24, 2.45) is 7.05 Å². The minimum Gasteiger partial charge on any atom is -0.494 e. The standard InChI is InChI=1S/C19H21N5O2S/c1-3-26-16-6-4-15(5-7-16)21-17(25)10-13-27-19-23-22-18(24(19)2)14-8-11-20-12-9-14/h4-9,11-12H,3,10,13H2,1-2H3,(H,21,25). The normalized spacial score (nSPS) is 10.6. The first-order chi connectivity index (χ1) is 13.2. The van der Waals surface area contributed by atoms with E-state index >= 15 is 0 Å². The van der Waals surface area contributed by atoms with Gasteiger partial charge in [0.1, 0.15) is 5.75 Å². The molecule has 1 aromatic carbocycles. The molecule has 1 amide bonds. The highest BCUT2D eigenvalue weighted by atomic mass is 32.2. The highest BCUT2D eigenvalue weighted by molar-refractivity contribution is 7.99. The van der Waals surface area contributed by atoms with Crippen LogP contribution in [-0.4, -0.2) is 38.0 Å². The molecule has 3 rings (SSSR count). The van der Waals surface area contributed by atoms with Gasteiger partial charge in [-0.3, -0.25) is 9.78 Å². The highest BCUT2D eigenvalue weighted by Gasteiger charge is 2.12. The van der Waals surface area contributed by atoms with Gasteiger partial charge in [0, 0.05) is 42.9 Å². The molecular formula is C19H21N5O2S. The predicted molar refractivity (Wildman–Crippen MR) is 106 cm³/mol. The molecule has 0 unspecified atom stereocenters. The first kappa shape index (κ1) is 18.9. The van der Waals surface area contributed by atoms with Crippen LogP contribution in [0.4, 0.5) is 5.69 Å². The number of rotatable bonds is 8. The van der Waals surface area contributed by atoms with Gasteiger partial charge in [0.05, 0.1) is 6.61 Å². The van der Waals surface area contributed by atoms with Gasteiger partial charge in [-0.25, -0.2) is 0 Å². The number of nitrogens with zero attached hydrogens (tertiary/aromatic N) is 4. The number of thioether (sulfide) groups is 1. The topological polar surface area (TPSA) is 81.9 Å². The molecule has 140 valence electrons. The quantitative estimate of drug-likeness (QED) is 0.601. The maximum absolute atomic E-state index is 12.1. The van der Waals surface area contributed by atoms with E-state index < -0.39 is 0 Å². The Morgan fingerprint density at radius 1 is 1.15 bits per heavy atom. The number of pyridine rings is 1. The smallest absolute Gasteiger partial charge is 0.225 e. The van der Waals surface area contributed by atoms with Gasteiger partial charge in [0.25, 0.3) is 0 Å². The first-order valence-electron chi connectivity index (χ1n) is 8.62. The summed E-state index contributed by atoms with van der Waals surface area (Å²) in [5.41, 5.74) is 1.71. The third kappa shape index (κ3) is 5.07. The molecule has 1 N–H and O–H groups in total. The summed E-state index contributed by atoms with van der Waals surface area (Å²) in [4.78, 5) is 16.1. The second kappa shape index (κ2) is 9.18. The van der Waals surface area contributed by atoms with E-state index in [2.05, 4.69) is 20.5 Å². The lowest BCUT2D eigenvalue weighted by molar-refractivity contribution is -0.115. The van der Waals surface area contributed by atoms with Crippen molar-refractivity contribution >= 4 is 23.4 Å². The van der Waals surface area contributed by atoms with Crippen LogP contribution in [-0.2, 0) is 11.8 Å². The zero-order chi connectivity index (χ0) is 19.1. The minimum atomic E-state index is -0.0387. The van der Waals surface area contributed by atoms with Crippen LogP contribution in [0.2, 0.25) is 0 Å². The maximum atomic E-state index is 12.1. The zero-order valence-corrected chi connectivity index (χ0v) is 16.1. The van der Waals surface area contributed by atoms with Gasteiger partial charge in [-0.05, 0) is 43.3 Å². The van der Waals surface area contributed by atoms with E-state index in [4.69, 9.17) is 4.74 Å². The SMILES string of the molecule is CCOc1ccc(NC(=O)CCSc2nnc(-c3ccncc3)n2C)cc1. The van der Waals surface area contributed by atoms with Crippen molar-refractivity contribution < 1.29 is 9.53 Å². The second-order valence-electron chi connectivity index (χ2n) is 5.71. The second-order valence-corrected chi connectivity index (χ2v) is 6.77. The Morgan fingerprint density at radius 2 is 1.89 bits per heavy atom. The van der Waals surface area contributed by atoms with Crippen molar-refractivity contribution in [3.05, 3.63) is 48.8 Å². The molecule has 27 heavy (non-hydrogen) atoms. The molecule has 0 saturated heterocycles. The van der Waals surface area contributed by atoms with Crippen LogP contribution in [0, 0.1) is 0 Å². The molecule has 8 heteroatoms. The van der Waals surface area contributed by atoms with E-state index in [-0.39, 0.29) is 5.91 Å². The molecule has 0 aliphatic carbocycles. The molecular weight excluding hydrogens is 362 g/mol. The lowest BCUT2D eigenvalue weighted by Crippen LogP contribution is -2.12. The number of benzene rings is 1. The van der Waals surface area contributed by atoms with E-state index in [0.717, 1.165) is 28.0 Å². The Bertz CT molecular complexity index is 881. The molecule has 2 aromatic heterocycles. The van der Waals surface area contributed by atoms with Crippen LogP contribution in [0.25, 0.3) is 11.4 Å². The van der Waals surface area contributed by atoms with E-state index in [1.807, 2.05) is 54.9 Å². The van der Waals surface area contributed by atoms with Crippen LogP contribution >= 0.6 is 11.8 Å². The van der Waals surface area contributed by atoms with Crippen LogP contribution < -0.4 is 10.1 Å². The van der Waals surface area contributed by atoms with Crippen molar-refractivity contribution in [3.8, 4) is 17.1 Å². The number of aromatic nitrogens is 4. The largest absolute Gasteiger partial charge is 0.494 e. The number of ether oxygens (including phenoxy) is 1. The molecule has 0 radical (unpaired) electrons. The van der Waals surface area contributed by atoms with Crippen molar-refractivity contribution in [2.45, 2.75) is 18.5 Å². The summed E-state index contributed by atoms with van der Waals surface area (Å²) in [6.45, 7) is 2.55. The molecule has 2 heterocycles. The summed E-state index contributed by atoms with van der Waals surface area (Å²) in [5.74, 6) is 2.14. The molecule has 0 aliphatic heterocycles. The lowest BCUT2D eigenvalue weighted by atomic mass is 10.2. The number of nitrogens with one attached hydrogen (secondary N) is 1. The van der Waals surface area contributed by atoms with E-state index in [0.29, 0.717) is 18.8 Å². The number of amides is 1. The third-order valence-corrected chi connectivity index (χ3v) is 4.80. The fourth-order valence-electron chi connectivity index (χ4n) is 2.45. The maximum Gasteiger partial charge on any atom is 0.225 e. The number of anilines is 1. The number of hydrogen-bond donors (Lipinski definition) is 1. The highest BCUT2D eigenvalue weighted by Crippen LogP contribution is 2.22. The Labute approximate surface area is 162 Å². The molecule has 0 saturated carbocycles. The van der Waals surface area contributed by atoms with Crippen LogP contribution in [0.3, 0.4) is 0 Å². The average molecular weight is 383 g/mol. The fourth-order valence-corrected chi connectivity index (χ4v) is 3.30. The Balaban J connectivity index is 1.49. The number of hydrogen-bond acceptors (Lipinski definition) is 6. The third-order valence-electron chi connectivity index (χ3n) is 3.78. The van der Waals surface area contributed by atoms with Gasteiger partial charge < -0.3 is 14.6 Å². The number of carbonyl (C=O) groups excluding carboxylic acids is 1. The predicted octanol–water partition coefficient (Wildman–Crippen LogP) is 3.40. The van der Waals surface area contributed by atoms with Crippen molar-refractivity contribution in [1.82, 2.24) is 19.7 Å². The van der Waals surface area contributed by atoms with E-state index in [9.17, 15) is 4.79 Å². The summed E-state index contributed by atoms with van der Waals surface area (Å²) >= 11 is 1.50.